The number of likely N-dealkylation sites (N-methyl/N-ethyl adjacent to an activating group) is 1. The second-order valence-electron chi connectivity index (χ2n) is 6.03. The van der Waals surface area contributed by atoms with Crippen LogP contribution in [0.15, 0.2) is 62.8 Å². The van der Waals surface area contributed by atoms with E-state index in [2.05, 4.69) is 0 Å². The number of hydrogen-bond acceptors (Lipinski definition) is 4. The fourth-order valence-corrected chi connectivity index (χ4v) is 4.42. The van der Waals surface area contributed by atoms with Gasteiger partial charge in [0.15, 0.2) is 0 Å². The molecule has 0 aliphatic carbocycles. The summed E-state index contributed by atoms with van der Waals surface area (Å²) in [6, 6.07) is 9.57. The van der Waals surface area contributed by atoms with Gasteiger partial charge in [-0.15, -0.1) is 0 Å². The third kappa shape index (κ3) is 2.17. The molecule has 0 fully saturated rings. The fraction of sp³-hybridized carbons (Fsp3) is 0.222. The summed E-state index contributed by atoms with van der Waals surface area (Å²) in [7, 11) is 3.46. The number of amides is 2. The normalized spacial score (nSPS) is 19.3. The predicted octanol–water partition coefficient (Wildman–Crippen LogP) is 3.21. The number of furan rings is 1. The van der Waals surface area contributed by atoms with E-state index >= 15 is 0 Å². The molecule has 0 N–H and O–H groups in total. The Hall–Kier alpha value is -2.47. The van der Waals surface area contributed by atoms with E-state index in [4.69, 9.17) is 4.42 Å². The number of fused-ring (bicyclic) bond motifs is 3. The molecule has 2 amide bonds. The number of carbonyl (C=O) groups excluding carboxylic acids is 2. The molecule has 4 rings (SSSR count). The monoisotopic (exact) mass is 340 g/mol. The lowest BCUT2D eigenvalue weighted by atomic mass is 9.86. The Morgan fingerprint density at radius 3 is 2.79 bits per heavy atom. The molecule has 0 unspecified atom stereocenters. The number of nitrogens with zero attached hydrogens (tertiary/aromatic N) is 2. The third-order valence-electron chi connectivity index (χ3n) is 4.31. The van der Waals surface area contributed by atoms with Gasteiger partial charge in [0.25, 0.3) is 5.91 Å². The Bertz CT molecular complexity index is 855. The summed E-state index contributed by atoms with van der Waals surface area (Å²) in [6.07, 6.45) is 3.45. The first-order chi connectivity index (χ1) is 11.6. The van der Waals surface area contributed by atoms with Crippen molar-refractivity contribution in [1.82, 2.24) is 4.90 Å². The quantitative estimate of drug-likeness (QED) is 0.842. The van der Waals surface area contributed by atoms with Crippen molar-refractivity contribution >= 4 is 29.3 Å². The zero-order valence-electron chi connectivity index (χ0n) is 13.4. The highest BCUT2D eigenvalue weighted by Gasteiger charge is 2.43. The van der Waals surface area contributed by atoms with Crippen LogP contribution in [0, 0.1) is 0 Å². The van der Waals surface area contributed by atoms with E-state index in [0.717, 1.165) is 21.2 Å². The lowest BCUT2D eigenvalue weighted by Crippen LogP contribution is -2.39. The molecule has 1 atom stereocenters. The Labute approximate surface area is 143 Å². The van der Waals surface area contributed by atoms with Gasteiger partial charge < -0.3 is 9.32 Å². The van der Waals surface area contributed by atoms with E-state index in [9.17, 15) is 9.59 Å². The molecule has 122 valence electrons. The molecule has 0 saturated carbocycles. The minimum Gasteiger partial charge on any atom is -0.472 e. The number of anilines is 1. The number of hydrogen-bond donors (Lipinski definition) is 0. The van der Waals surface area contributed by atoms with E-state index in [1.165, 1.54) is 11.8 Å². The van der Waals surface area contributed by atoms with Crippen LogP contribution in [0.2, 0.25) is 0 Å². The van der Waals surface area contributed by atoms with E-state index in [0.29, 0.717) is 5.57 Å². The first-order valence-electron chi connectivity index (χ1n) is 7.65. The summed E-state index contributed by atoms with van der Waals surface area (Å²) < 4.78 is 5.19. The van der Waals surface area contributed by atoms with E-state index < -0.39 is 0 Å². The number of benzene rings is 1. The van der Waals surface area contributed by atoms with Crippen molar-refractivity contribution in [2.75, 3.05) is 19.0 Å². The van der Waals surface area contributed by atoms with Crippen molar-refractivity contribution in [3.8, 4) is 0 Å². The summed E-state index contributed by atoms with van der Waals surface area (Å²) in [5, 5.41) is 0.720. The Kier molecular flexibility index (Phi) is 3.49. The molecule has 6 heteroatoms. The highest BCUT2D eigenvalue weighted by molar-refractivity contribution is 8.03. The summed E-state index contributed by atoms with van der Waals surface area (Å²) >= 11 is 1.49. The van der Waals surface area contributed by atoms with Crippen LogP contribution in [0.25, 0.3) is 0 Å². The van der Waals surface area contributed by atoms with Crippen molar-refractivity contribution in [1.29, 1.82) is 0 Å². The van der Waals surface area contributed by atoms with Crippen LogP contribution in [0.1, 0.15) is 17.9 Å². The van der Waals surface area contributed by atoms with Crippen LogP contribution in [-0.2, 0) is 9.59 Å². The summed E-state index contributed by atoms with van der Waals surface area (Å²) in [5.41, 5.74) is 2.37. The molecule has 0 radical (unpaired) electrons. The van der Waals surface area contributed by atoms with E-state index in [1.54, 1.807) is 36.4 Å². The van der Waals surface area contributed by atoms with Gasteiger partial charge in [-0.25, -0.2) is 0 Å². The highest BCUT2D eigenvalue weighted by atomic mass is 32.2. The van der Waals surface area contributed by atoms with Crippen LogP contribution in [0.3, 0.4) is 0 Å². The highest BCUT2D eigenvalue weighted by Crippen LogP contribution is 2.52. The largest absolute Gasteiger partial charge is 0.472 e. The lowest BCUT2D eigenvalue weighted by molar-refractivity contribution is -0.125. The first-order valence-corrected chi connectivity index (χ1v) is 8.47. The van der Waals surface area contributed by atoms with E-state index in [1.807, 2.05) is 30.3 Å². The number of thioether (sulfide) groups is 1. The average Bonchev–Trinajstić information content (AvgIpc) is 3.21. The Morgan fingerprint density at radius 2 is 2.08 bits per heavy atom. The van der Waals surface area contributed by atoms with Gasteiger partial charge in [0, 0.05) is 31.3 Å². The van der Waals surface area contributed by atoms with Crippen LogP contribution in [-0.4, -0.2) is 30.8 Å². The van der Waals surface area contributed by atoms with Crippen LogP contribution in [0.5, 0.6) is 0 Å². The van der Waals surface area contributed by atoms with Crippen LogP contribution < -0.4 is 4.90 Å². The molecule has 0 bridgehead atoms. The minimum absolute atomic E-state index is 0.00366. The van der Waals surface area contributed by atoms with E-state index in [-0.39, 0.29) is 24.2 Å². The lowest BCUT2D eigenvalue weighted by Gasteiger charge is -2.32. The van der Waals surface area contributed by atoms with Gasteiger partial charge >= 0.3 is 0 Å². The Morgan fingerprint density at radius 1 is 1.29 bits per heavy atom. The maximum Gasteiger partial charge on any atom is 0.252 e. The maximum atomic E-state index is 12.9. The van der Waals surface area contributed by atoms with Crippen molar-refractivity contribution in [2.45, 2.75) is 17.2 Å². The smallest absolute Gasteiger partial charge is 0.252 e. The zero-order valence-corrected chi connectivity index (χ0v) is 14.2. The molecule has 24 heavy (non-hydrogen) atoms. The summed E-state index contributed by atoms with van der Waals surface area (Å²) in [4.78, 5) is 29.9. The standard InChI is InChI=1S/C18H16N2O3S/c1-19(2)17(22)16-12(11-7-8-23-10-11)9-15(21)20-13-5-3-4-6-14(13)24-18(16)20/h3-8,10,12H,9H2,1-2H3/t12-/m0/s1. The first kappa shape index (κ1) is 15.1. The molecule has 5 nitrogen and oxygen atoms in total. The van der Waals surface area contributed by atoms with Gasteiger partial charge in [0.1, 0.15) is 0 Å². The number of carbonyl (C=O) groups is 2. The molecular formula is C18H16N2O3S. The molecular weight excluding hydrogens is 324 g/mol. The molecule has 2 aromatic rings. The van der Waals surface area contributed by atoms with Crippen molar-refractivity contribution in [3.05, 3.63) is 59.0 Å². The van der Waals surface area contributed by atoms with Crippen molar-refractivity contribution in [2.24, 2.45) is 0 Å². The van der Waals surface area contributed by atoms with Crippen LogP contribution in [0.4, 0.5) is 5.69 Å². The number of para-hydroxylation sites is 1. The summed E-state index contributed by atoms with van der Waals surface area (Å²) in [6.45, 7) is 0. The molecule has 1 aromatic carbocycles. The SMILES string of the molecule is CN(C)C(=O)C1=C2Sc3ccccc3N2C(=O)C[C@H]1c1ccoc1. The molecule has 0 spiro atoms. The molecule has 0 saturated heterocycles. The van der Waals surface area contributed by atoms with Crippen molar-refractivity contribution < 1.29 is 14.0 Å². The fourth-order valence-electron chi connectivity index (χ4n) is 3.17. The second kappa shape index (κ2) is 5.56. The van der Waals surface area contributed by atoms with Crippen LogP contribution >= 0.6 is 11.8 Å². The topological polar surface area (TPSA) is 53.8 Å². The maximum absolute atomic E-state index is 12.9. The van der Waals surface area contributed by atoms with Gasteiger partial charge in [-0.1, -0.05) is 23.9 Å². The van der Waals surface area contributed by atoms with Gasteiger partial charge in [0.05, 0.1) is 28.8 Å². The Balaban J connectivity index is 1.92. The summed E-state index contributed by atoms with van der Waals surface area (Å²) in [5.74, 6) is -0.350. The third-order valence-corrected chi connectivity index (χ3v) is 5.47. The second-order valence-corrected chi connectivity index (χ2v) is 7.06. The zero-order chi connectivity index (χ0) is 16.8. The van der Waals surface area contributed by atoms with Gasteiger partial charge in [-0.05, 0) is 23.8 Å². The predicted molar refractivity (Wildman–Crippen MR) is 91.6 cm³/mol. The number of rotatable bonds is 2. The minimum atomic E-state index is -0.279. The average molecular weight is 340 g/mol. The van der Waals surface area contributed by atoms with Gasteiger partial charge in [0.2, 0.25) is 5.91 Å². The van der Waals surface area contributed by atoms with Gasteiger partial charge in [-0.3, -0.25) is 14.5 Å². The molecule has 2 aliphatic heterocycles. The molecule has 1 aromatic heterocycles. The van der Waals surface area contributed by atoms with Crippen molar-refractivity contribution in [3.63, 3.8) is 0 Å². The molecule has 3 heterocycles. The molecule has 2 aliphatic rings. The van der Waals surface area contributed by atoms with Gasteiger partial charge in [-0.2, -0.15) is 0 Å².